The average Bonchev–Trinajstić information content (AvgIpc) is 2.25. The number of alkyl halides is 3. The molecule has 0 aromatic carbocycles. The molecule has 0 radical (unpaired) electrons. The van der Waals surface area contributed by atoms with Crippen LogP contribution in [0.15, 0.2) is 18.3 Å². The van der Waals surface area contributed by atoms with E-state index < -0.39 is 24.2 Å². The zero-order valence-electron chi connectivity index (χ0n) is 9.88. The number of aryl methyl sites for hydroxylation is 1. The molecular formula is C11H13F3N2O2. The van der Waals surface area contributed by atoms with Crippen LogP contribution in [-0.4, -0.2) is 34.3 Å². The summed E-state index contributed by atoms with van der Waals surface area (Å²) in [7, 11) is 0. The molecule has 1 rings (SSSR count). The van der Waals surface area contributed by atoms with Crippen molar-refractivity contribution in [3.8, 4) is 0 Å². The van der Waals surface area contributed by atoms with Gasteiger partial charge in [0.2, 0.25) is 0 Å². The first-order chi connectivity index (χ1) is 8.15. The van der Waals surface area contributed by atoms with Gasteiger partial charge in [0.15, 0.2) is 5.60 Å². The Hall–Kier alpha value is -1.63. The summed E-state index contributed by atoms with van der Waals surface area (Å²) in [6.07, 6.45) is -3.44. The van der Waals surface area contributed by atoms with E-state index in [0.29, 0.717) is 12.5 Å². The number of carbonyl (C=O) groups excluding carboxylic acids is 1. The quantitative estimate of drug-likeness (QED) is 0.866. The molecule has 7 heteroatoms. The van der Waals surface area contributed by atoms with Crippen molar-refractivity contribution in [2.45, 2.75) is 25.6 Å². The molecule has 0 saturated carbocycles. The molecule has 1 aromatic rings. The maximum atomic E-state index is 12.3. The second-order valence-corrected chi connectivity index (χ2v) is 4.12. The number of pyridine rings is 1. The van der Waals surface area contributed by atoms with Gasteiger partial charge in [-0.15, -0.1) is 0 Å². The number of amides is 1. The number of rotatable bonds is 3. The molecule has 0 aliphatic carbocycles. The lowest BCUT2D eigenvalue weighted by Crippen LogP contribution is -2.51. The van der Waals surface area contributed by atoms with Crippen LogP contribution in [0.4, 0.5) is 13.2 Å². The third-order valence-corrected chi connectivity index (χ3v) is 2.43. The van der Waals surface area contributed by atoms with Crippen LogP contribution < -0.4 is 5.32 Å². The van der Waals surface area contributed by atoms with E-state index in [4.69, 9.17) is 5.11 Å². The number of hydrogen-bond donors (Lipinski definition) is 2. The number of nitrogens with zero attached hydrogens (tertiary/aromatic N) is 1. The van der Waals surface area contributed by atoms with Gasteiger partial charge in [-0.3, -0.25) is 9.78 Å². The Morgan fingerprint density at radius 2 is 2.11 bits per heavy atom. The molecule has 100 valence electrons. The van der Waals surface area contributed by atoms with Gasteiger partial charge in [0.1, 0.15) is 5.69 Å². The fourth-order valence-electron chi connectivity index (χ4n) is 1.16. The van der Waals surface area contributed by atoms with Gasteiger partial charge in [0.25, 0.3) is 5.91 Å². The summed E-state index contributed by atoms with van der Waals surface area (Å²) in [5, 5.41) is 11.2. The van der Waals surface area contributed by atoms with Crippen molar-refractivity contribution in [2.24, 2.45) is 0 Å². The van der Waals surface area contributed by atoms with Crippen molar-refractivity contribution >= 4 is 5.91 Å². The summed E-state index contributed by atoms with van der Waals surface area (Å²) in [5.74, 6) is -0.752. The highest BCUT2D eigenvalue weighted by Gasteiger charge is 2.49. The fraction of sp³-hybridized carbons (Fsp3) is 0.455. The summed E-state index contributed by atoms with van der Waals surface area (Å²) in [4.78, 5) is 15.4. The lowest BCUT2D eigenvalue weighted by atomic mass is 10.1. The number of nitrogens with one attached hydrogen (secondary N) is 1. The van der Waals surface area contributed by atoms with Crippen LogP contribution in [0.2, 0.25) is 0 Å². The van der Waals surface area contributed by atoms with Gasteiger partial charge in [-0.1, -0.05) is 6.07 Å². The molecule has 0 fully saturated rings. The van der Waals surface area contributed by atoms with E-state index in [9.17, 15) is 18.0 Å². The minimum Gasteiger partial charge on any atom is -0.379 e. The third kappa shape index (κ3) is 3.19. The first-order valence-corrected chi connectivity index (χ1v) is 5.14. The minimum absolute atomic E-state index is 0.0375. The number of halogens is 3. The minimum atomic E-state index is -4.81. The molecule has 18 heavy (non-hydrogen) atoms. The average molecular weight is 262 g/mol. The summed E-state index contributed by atoms with van der Waals surface area (Å²) < 4.78 is 37.0. The van der Waals surface area contributed by atoms with Crippen molar-refractivity contribution in [3.05, 3.63) is 29.6 Å². The number of aromatic nitrogens is 1. The van der Waals surface area contributed by atoms with Crippen LogP contribution in [-0.2, 0) is 0 Å². The maximum Gasteiger partial charge on any atom is 0.418 e. The van der Waals surface area contributed by atoms with E-state index in [1.165, 1.54) is 6.20 Å². The normalized spacial score (nSPS) is 15.0. The number of aliphatic hydroxyl groups is 1. The predicted octanol–water partition coefficient (Wildman–Crippen LogP) is 1.43. The lowest BCUT2D eigenvalue weighted by molar-refractivity contribution is -0.249. The van der Waals surface area contributed by atoms with E-state index in [1.807, 2.05) is 5.32 Å². The zero-order chi connectivity index (χ0) is 14.0. The first-order valence-electron chi connectivity index (χ1n) is 5.14. The molecule has 1 heterocycles. The molecule has 1 aromatic heterocycles. The van der Waals surface area contributed by atoms with Gasteiger partial charge in [-0.25, -0.2) is 0 Å². The van der Waals surface area contributed by atoms with Gasteiger partial charge < -0.3 is 10.4 Å². The van der Waals surface area contributed by atoms with Crippen LogP contribution in [0.25, 0.3) is 0 Å². The summed E-state index contributed by atoms with van der Waals surface area (Å²) >= 11 is 0. The summed E-state index contributed by atoms with van der Waals surface area (Å²) in [6, 6.07) is 3.22. The highest BCUT2D eigenvalue weighted by molar-refractivity contribution is 5.93. The highest BCUT2D eigenvalue weighted by Crippen LogP contribution is 2.29. The van der Waals surface area contributed by atoms with Crippen LogP contribution in [0.1, 0.15) is 23.0 Å². The Bertz CT molecular complexity index is 444. The molecule has 0 aliphatic heterocycles. The smallest absolute Gasteiger partial charge is 0.379 e. The molecule has 0 saturated heterocycles. The Labute approximate surface area is 102 Å². The highest BCUT2D eigenvalue weighted by atomic mass is 19.4. The molecule has 1 amide bonds. The van der Waals surface area contributed by atoms with Gasteiger partial charge in [-0.2, -0.15) is 13.2 Å². The first kappa shape index (κ1) is 14.4. The molecule has 0 spiro atoms. The van der Waals surface area contributed by atoms with Crippen LogP contribution in [0, 0.1) is 6.92 Å². The van der Waals surface area contributed by atoms with Crippen LogP contribution in [0.5, 0.6) is 0 Å². The largest absolute Gasteiger partial charge is 0.418 e. The van der Waals surface area contributed by atoms with Crippen LogP contribution >= 0.6 is 0 Å². The van der Waals surface area contributed by atoms with Crippen molar-refractivity contribution in [1.29, 1.82) is 0 Å². The van der Waals surface area contributed by atoms with Gasteiger partial charge in [-0.05, 0) is 25.5 Å². The van der Waals surface area contributed by atoms with Crippen molar-refractivity contribution in [2.75, 3.05) is 6.54 Å². The van der Waals surface area contributed by atoms with E-state index in [2.05, 4.69) is 4.98 Å². The molecule has 2 N–H and O–H groups in total. The maximum absolute atomic E-state index is 12.3. The van der Waals surface area contributed by atoms with Crippen molar-refractivity contribution in [1.82, 2.24) is 10.3 Å². The predicted molar refractivity (Wildman–Crippen MR) is 58.0 cm³/mol. The Kier molecular flexibility index (Phi) is 3.95. The lowest BCUT2D eigenvalue weighted by Gasteiger charge is -2.26. The molecule has 4 nitrogen and oxygen atoms in total. The van der Waals surface area contributed by atoms with E-state index >= 15 is 0 Å². The molecule has 0 aliphatic rings. The topological polar surface area (TPSA) is 62.2 Å². The van der Waals surface area contributed by atoms with E-state index in [0.717, 1.165) is 0 Å². The molecule has 1 atom stereocenters. The molecule has 0 bridgehead atoms. The Balaban J connectivity index is 2.71. The summed E-state index contributed by atoms with van der Waals surface area (Å²) in [6.45, 7) is 1.29. The summed E-state index contributed by atoms with van der Waals surface area (Å²) in [5.41, 5.74) is -2.39. The third-order valence-electron chi connectivity index (χ3n) is 2.43. The monoisotopic (exact) mass is 262 g/mol. The van der Waals surface area contributed by atoms with E-state index in [1.54, 1.807) is 19.1 Å². The Morgan fingerprint density at radius 1 is 1.50 bits per heavy atom. The number of hydrogen-bond acceptors (Lipinski definition) is 3. The fourth-order valence-corrected chi connectivity index (χ4v) is 1.16. The SMILES string of the molecule is Cc1cccnc1C(=O)NC[C@@](C)(O)C(F)(F)F. The van der Waals surface area contributed by atoms with Gasteiger partial charge in [0, 0.05) is 6.20 Å². The standard InChI is InChI=1S/C11H13F3N2O2/c1-7-4-3-5-15-8(7)9(17)16-6-10(2,18)11(12,13)14/h3-5,18H,6H2,1-2H3,(H,16,17)/t10-/m1/s1. The zero-order valence-corrected chi connectivity index (χ0v) is 9.88. The molecule has 0 unspecified atom stereocenters. The second kappa shape index (κ2) is 4.93. The van der Waals surface area contributed by atoms with Crippen molar-refractivity contribution < 1.29 is 23.1 Å². The molecular weight excluding hydrogens is 249 g/mol. The van der Waals surface area contributed by atoms with Crippen molar-refractivity contribution in [3.63, 3.8) is 0 Å². The van der Waals surface area contributed by atoms with E-state index in [-0.39, 0.29) is 5.69 Å². The van der Waals surface area contributed by atoms with Crippen LogP contribution in [0.3, 0.4) is 0 Å². The second-order valence-electron chi connectivity index (χ2n) is 4.12. The number of carbonyl (C=O) groups is 1. The Morgan fingerprint density at radius 3 is 2.61 bits per heavy atom. The van der Waals surface area contributed by atoms with Gasteiger partial charge >= 0.3 is 6.18 Å². The van der Waals surface area contributed by atoms with Gasteiger partial charge in [0.05, 0.1) is 6.54 Å².